The van der Waals surface area contributed by atoms with Crippen molar-refractivity contribution in [1.82, 2.24) is 5.32 Å². The summed E-state index contributed by atoms with van der Waals surface area (Å²) in [7, 11) is 0. The van der Waals surface area contributed by atoms with E-state index >= 15 is 0 Å². The van der Waals surface area contributed by atoms with Crippen LogP contribution in [0.4, 0.5) is 22.0 Å². The zero-order chi connectivity index (χ0) is 27.4. The normalized spacial score (nSPS) is 17.7. The van der Waals surface area contributed by atoms with Gasteiger partial charge in [-0.25, -0.2) is 8.78 Å². The summed E-state index contributed by atoms with van der Waals surface area (Å²) in [5, 5.41) is 2.30. The summed E-state index contributed by atoms with van der Waals surface area (Å²) < 4.78 is 66.4. The van der Waals surface area contributed by atoms with E-state index in [1.165, 1.54) is 0 Å². The summed E-state index contributed by atoms with van der Waals surface area (Å²) in [5.74, 6) is -10.3. The first kappa shape index (κ1) is 27.9. The van der Waals surface area contributed by atoms with E-state index in [-0.39, 0.29) is 6.42 Å². The lowest BCUT2D eigenvalue weighted by molar-refractivity contribution is -0.148. The number of nitrogens with two attached hydrogens (primary N) is 1. The molecule has 6 nitrogen and oxygen atoms in total. The largest absolute Gasteiger partial charge is 0.389 e. The van der Waals surface area contributed by atoms with Crippen molar-refractivity contribution in [2.45, 2.75) is 50.9 Å². The van der Waals surface area contributed by atoms with Crippen LogP contribution in [0.2, 0.25) is 0 Å². The smallest absolute Gasteiger partial charge is 0.369 e. The molecular weight excluding hydrogens is 497 g/mol. The van der Waals surface area contributed by atoms with Gasteiger partial charge in [-0.1, -0.05) is 54.6 Å². The first-order valence-corrected chi connectivity index (χ1v) is 11.5. The first-order valence-electron chi connectivity index (χ1n) is 11.5. The lowest BCUT2D eigenvalue weighted by atomic mass is 9.82. The van der Waals surface area contributed by atoms with E-state index in [9.17, 15) is 36.3 Å². The van der Waals surface area contributed by atoms with Crippen molar-refractivity contribution in [1.29, 1.82) is 0 Å². The number of fused-ring (bicyclic) bond motifs is 1. The summed E-state index contributed by atoms with van der Waals surface area (Å²) in [6.45, 7) is 0.480. The molecule has 2 aromatic rings. The molecule has 198 valence electrons. The van der Waals surface area contributed by atoms with Gasteiger partial charge in [0.1, 0.15) is 0 Å². The maximum atomic E-state index is 14.0. The van der Waals surface area contributed by atoms with Crippen LogP contribution in [0.5, 0.6) is 0 Å². The molecule has 0 bridgehead atoms. The van der Waals surface area contributed by atoms with Crippen LogP contribution in [0.25, 0.3) is 0 Å². The number of carbonyl (C=O) groups is 3. The van der Waals surface area contributed by atoms with Gasteiger partial charge in [0.05, 0.1) is 11.6 Å². The fraction of sp³-hybridized carbons (Fsp3) is 0.385. The van der Waals surface area contributed by atoms with Gasteiger partial charge in [0.15, 0.2) is 11.9 Å². The summed E-state index contributed by atoms with van der Waals surface area (Å²) >= 11 is 0. The Morgan fingerprint density at radius 1 is 1.03 bits per heavy atom. The molecule has 1 unspecified atom stereocenters. The Morgan fingerprint density at radius 3 is 2.24 bits per heavy atom. The van der Waals surface area contributed by atoms with Crippen LogP contribution in [-0.2, 0) is 20.8 Å². The van der Waals surface area contributed by atoms with Crippen LogP contribution in [0.3, 0.4) is 0 Å². The molecule has 0 fully saturated rings. The number of amides is 2. The number of nitrogens with zero attached hydrogens (tertiary/aromatic N) is 1. The topological polar surface area (TPSA) is 102 Å². The van der Waals surface area contributed by atoms with E-state index in [2.05, 4.69) is 10.3 Å². The minimum absolute atomic E-state index is 0.136. The van der Waals surface area contributed by atoms with Crippen molar-refractivity contribution in [2.24, 2.45) is 22.6 Å². The Labute approximate surface area is 210 Å². The number of alkyl halides is 5. The molecule has 3 rings (SSSR count). The number of Topliss-reactive ketones (excluding diaryl/α,β-unsaturated/α-hetero) is 1. The van der Waals surface area contributed by atoms with Crippen LogP contribution in [0.1, 0.15) is 42.9 Å². The van der Waals surface area contributed by atoms with Gasteiger partial charge in [0.25, 0.3) is 0 Å². The minimum atomic E-state index is -4.69. The molecule has 0 saturated heterocycles. The van der Waals surface area contributed by atoms with E-state index in [0.29, 0.717) is 29.3 Å². The third-order valence-electron chi connectivity index (χ3n) is 6.03. The zero-order valence-electron chi connectivity index (χ0n) is 19.9. The van der Waals surface area contributed by atoms with E-state index in [1.54, 1.807) is 54.6 Å². The molecule has 37 heavy (non-hydrogen) atoms. The molecule has 0 aromatic heterocycles. The molecular formula is C26H26F5N3O3. The van der Waals surface area contributed by atoms with E-state index in [4.69, 9.17) is 5.73 Å². The number of ketones is 1. The quantitative estimate of drug-likeness (QED) is 0.482. The van der Waals surface area contributed by atoms with Crippen molar-refractivity contribution >= 4 is 23.3 Å². The third kappa shape index (κ3) is 7.68. The average Bonchev–Trinajstić information content (AvgIpc) is 2.93. The predicted molar refractivity (Wildman–Crippen MR) is 126 cm³/mol. The fourth-order valence-electron chi connectivity index (χ4n) is 4.31. The first-order chi connectivity index (χ1) is 17.2. The number of rotatable bonds is 9. The van der Waals surface area contributed by atoms with Crippen molar-refractivity contribution in [2.75, 3.05) is 0 Å². The Hall–Kier alpha value is -3.63. The Kier molecular flexibility index (Phi) is 8.45. The van der Waals surface area contributed by atoms with E-state index in [0.717, 1.165) is 0 Å². The Balaban J connectivity index is 1.98. The average molecular weight is 524 g/mol. The number of primary amides is 1. The van der Waals surface area contributed by atoms with Gasteiger partial charge in [0.2, 0.25) is 17.7 Å². The van der Waals surface area contributed by atoms with Crippen molar-refractivity contribution < 1.29 is 36.3 Å². The number of benzene rings is 2. The minimum Gasteiger partial charge on any atom is -0.369 e. The number of aliphatic imine (C=N–C) groups is 1. The van der Waals surface area contributed by atoms with Gasteiger partial charge in [-0.15, -0.1) is 0 Å². The molecule has 2 amide bonds. The lowest BCUT2D eigenvalue weighted by Crippen LogP contribution is -2.48. The summed E-state index contributed by atoms with van der Waals surface area (Å²) in [5.41, 5.74) is 7.50. The van der Waals surface area contributed by atoms with E-state index in [1.807, 2.05) is 0 Å². The Bertz CT molecular complexity index is 1180. The van der Waals surface area contributed by atoms with Gasteiger partial charge in [-0.3, -0.25) is 19.4 Å². The van der Waals surface area contributed by atoms with E-state index < -0.39 is 67.0 Å². The molecule has 11 heteroatoms. The number of halogens is 5. The van der Waals surface area contributed by atoms with Crippen LogP contribution >= 0.6 is 0 Å². The second kappa shape index (κ2) is 11.2. The highest BCUT2D eigenvalue weighted by Crippen LogP contribution is 2.33. The molecule has 1 aliphatic heterocycles. The van der Waals surface area contributed by atoms with Crippen LogP contribution < -0.4 is 11.1 Å². The predicted octanol–water partition coefficient (Wildman–Crippen LogP) is 4.20. The number of hydrogen-bond acceptors (Lipinski definition) is 4. The van der Waals surface area contributed by atoms with Crippen molar-refractivity contribution in [3.8, 4) is 0 Å². The van der Waals surface area contributed by atoms with Gasteiger partial charge >= 0.3 is 6.18 Å². The summed E-state index contributed by atoms with van der Waals surface area (Å²) in [4.78, 5) is 42.6. The highest BCUT2D eigenvalue weighted by atomic mass is 19.4. The highest BCUT2D eigenvalue weighted by Gasteiger charge is 2.42. The molecule has 0 spiro atoms. The highest BCUT2D eigenvalue weighted by molar-refractivity contribution is 6.16. The number of carbonyl (C=O) groups excluding carboxylic acids is 3. The number of nitrogens with one attached hydrogen (secondary N) is 1. The fourth-order valence-corrected chi connectivity index (χ4v) is 4.31. The molecule has 1 aliphatic rings. The molecule has 3 N–H and O–H groups in total. The standard InChI is InChI=1S/C26H26F5N3O3/c1-25(27,28)14-19(18(22(32)36)11-12-26(29,30)31)24(37)34-23-20(35)13-16-9-5-6-10-17(16)21(33-23)15-7-3-2-4-8-15/h2-10,18-19,23H,11-14H2,1H3,(H2,32,36)(H,34,37)/t18-,19?,23+/m0/s1. The maximum Gasteiger partial charge on any atom is 0.389 e. The van der Waals surface area contributed by atoms with Gasteiger partial charge < -0.3 is 11.1 Å². The second-order valence-electron chi connectivity index (χ2n) is 9.10. The maximum absolute atomic E-state index is 14.0. The van der Waals surface area contributed by atoms with Crippen LogP contribution in [0.15, 0.2) is 59.6 Å². The van der Waals surface area contributed by atoms with Crippen LogP contribution in [-0.4, -0.2) is 41.6 Å². The van der Waals surface area contributed by atoms with Gasteiger partial charge in [0, 0.05) is 36.3 Å². The third-order valence-corrected chi connectivity index (χ3v) is 6.03. The lowest BCUT2D eigenvalue weighted by Gasteiger charge is -2.27. The molecule has 2 aromatic carbocycles. The molecule has 1 heterocycles. The number of hydrogen-bond donors (Lipinski definition) is 2. The summed E-state index contributed by atoms with van der Waals surface area (Å²) in [6.07, 6.45) is -10.0. The van der Waals surface area contributed by atoms with Gasteiger partial charge in [-0.2, -0.15) is 13.2 Å². The van der Waals surface area contributed by atoms with Crippen molar-refractivity contribution in [3.63, 3.8) is 0 Å². The second-order valence-corrected chi connectivity index (χ2v) is 9.10. The van der Waals surface area contributed by atoms with Gasteiger partial charge in [-0.05, 0) is 18.9 Å². The van der Waals surface area contributed by atoms with Crippen LogP contribution in [0, 0.1) is 11.8 Å². The van der Waals surface area contributed by atoms with Crippen molar-refractivity contribution in [3.05, 3.63) is 71.3 Å². The molecule has 0 radical (unpaired) electrons. The monoisotopic (exact) mass is 523 g/mol. The SMILES string of the molecule is CC(F)(F)CC(C(=O)N[C@H]1N=C(c2ccccc2)c2ccccc2CC1=O)[C@H](CCC(F)(F)F)C(N)=O. The Morgan fingerprint density at radius 2 is 1.65 bits per heavy atom. The molecule has 0 aliphatic carbocycles. The summed E-state index contributed by atoms with van der Waals surface area (Å²) in [6, 6.07) is 15.7. The zero-order valence-corrected chi connectivity index (χ0v) is 19.9. The molecule has 0 saturated carbocycles. The molecule has 3 atom stereocenters.